The molecule has 0 bridgehead atoms. The number of halogens is 1. The zero-order valence-electron chi connectivity index (χ0n) is 14.6. The van der Waals surface area contributed by atoms with E-state index in [1.165, 1.54) is 12.1 Å². The lowest BCUT2D eigenvalue weighted by Crippen LogP contribution is -2.37. The molecule has 2 aromatic carbocycles. The number of rotatable bonds is 8. The Bertz CT molecular complexity index is 692. The quantitative estimate of drug-likeness (QED) is 0.439. The van der Waals surface area contributed by atoms with Gasteiger partial charge in [0, 0.05) is 26.2 Å². The fourth-order valence-electron chi connectivity index (χ4n) is 2.21. The maximum Gasteiger partial charge on any atom is 0.191 e. The highest BCUT2D eigenvalue weighted by molar-refractivity contribution is 5.79. The number of guanidine groups is 1. The minimum Gasteiger partial charge on any atom is -0.497 e. The molecule has 2 N–H and O–H groups in total. The van der Waals surface area contributed by atoms with Gasteiger partial charge in [-0.25, -0.2) is 4.39 Å². The number of benzene rings is 2. The zero-order valence-corrected chi connectivity index (χ0v) is 14.6. The lowest BCUT2D eigenvalue weighted by Gasteiger charge is -2.12. The van der Waals surface area contributed by atoms with Gasteiger partial charge in [0.05, 0.1) is 13.7 Å². The van der Waals surface area contributed by atoms with Crippen LogP contribution < -0.4 is 20.1 Å². The second-order valence-electron chi connectivity index (χ2n) is 5.36. The minimum atomic E-state index is -0.239. The summed E-state index contributed by atoms with van der Waals surface area (Å²) in [4.78, 5) is 4.15. The van der Waals surface area contributed by atoms with Crippen LogP contribution in [0.25, 0.3) is 0 Å². The molecule has 0 spiro atoms. The molecule has 2 rings (SSSR count). The van der Waals surface area contributed by atoms with E-state index in [0.29, 0.717) is 25.7 Å². The van der Waals surface area contributed by atoms with E-state index in [9.17, 15) is 4.39 Å². The molecule has 0 unspecified atom stereocenters. The average molecular weight is 345 g/mol. The van der Waals surface area contributed by atoms with Gasteiger partial charge in [-0.3, -0.25) is 4.99 Å². The first-order chi connectivity index (χ1) is 12.2. The largest absolute Gasteiger partial charge is 0.497 e. The van der Waals surface area contributed by atoms with E-state index in [0.717, 1.165) is 23.5 Å². The molecule has 0 aliphatic carbocycles. The van der Waals surface area contributed by atoms with Crippen LogP contribution in [-0.2, 0) is 6.54 Å². The third-order valence-electron chi connectivity index (χ3n) is 3.50. The monoisotopic (exact) mass is 345 g/mol. The lowest BCUT2D eigenvalue weighted by molar-refractivity contribution is 0.308. The summed E-state index contributed by atoms with van der Waals surface area (Å²) in [6.07, 6.45) is 0.817. The van der Waals surface area contributed by atoms with Crippen molar-refractivity contribution in [2.24, 2.45) is 4.99 Å². The van der Waals surface area contributed by atoms with Crippen LogP contribution in [0, 0.1) is 5.82 Å². The number of ether oxygens (including phenoxy) is 2. The first kappa shape index (κ1) is 18.6. The molecule has 2 aromatic rings. The summed E-state index contributed by atoms with van der Waals surface area (Å²) in [5, 5.41) is 6.36. The summed E-state index contributed by atoms with van der Waals surface area (Å²) in [6.45, 7) is 1.81. The number of hydrogen-bond donors (Lipinski definition) is 2. The van der Waals surface area contributed by atoms with Crippen LogP contribution in [0.2, 0.25) is 0 Å². The molecule has 0 aromatic heterocycles. The predicted octanol–water partition coefficient (Wildman–Crippen LogP) is 2.97. The highest BCUT2D eigenvalue weighted by Gasteiger charge is 2.00. The van der Waals surface area contributed by atoms with E-state index >= 15 is 0 Å². The normalized spacial score (nSPS) is 11.1. The van der Waals surface area contributed by atoms with Crippen LogP contribution in [0.3, 0.4) is 0 Å². The summed E-state index contributed by atoms with van der Waals surface area (Å²) < 4.78 is 24.0. The Morgan fingerprint density at radius 1 is 1.08 bits per heavy atom. The molecule has 0 radical (unpaired) electrons. The Morgan fingerprint density at radius 3 is 2.64 bits per heavy atom. The minimum absolute atomic E-state index is 0.239. The van der Waals surface area contributed by atoms with Crippen LogP contribution in [0.15, 0.2) is 53.5 Å². The maximum atomic E-state index is 13.2. The molecule has 6 heteroatoms. The highest BCUT2D eigenvalue weighted by Crippen LogP contribution is 2.18. The van der Waals surface area contributed by atoms with Gasteiger partial charge in [-0.05, 0) is 36.2 Å². The molecule has 0 atom stereocenters. The Labute approximate surface area is 147 Å². The molecule has 0 heterocycles. The average Bonchev–Trinajstić information content (AvgIpc) is 2.64. The van der Waals surface area contributed by atoms with Crippen LogP contribution in [0.1, 0.15) is 12.0 Å². The molecule has 0 saturated carbocycles. The van der Waals surface area contributed by atoms with Crippen LogP contribution >= 0.6 is 0 Å². The fourth-order valence-corrected chi connectivity index (χ4v) is 2.21. The van der Waals surface area contributed by atoms with Crippen molar-refractivity contribution < 1.29 is 13.9 Å². The molecular formula is C19H24FN3O2. The van der Waals surface area contributed by atoms with Crippen LogP contribution in [0.5, 0.6) is 11.5 Å². The summed E-state index contributed by atoms with van der Waals surface area (Å²) >= 11 is 0. The van der Waals surface area contributed by atoms with Crippen molar-refractivity contribution in [1.82, 2.24) is 10.6 Å². The molecule has 5 nitrogen and oxygen atoms in total. The molecule has 0 aliphatic heterocycles. The first-order valence-electron chi connectivity index (χ1n) is 8.17. The number of methoxy groups -OCH3 is 1. The Balaban J connectivity index is 1.65. The molecule has 0 amide bonds. The van der Waals surface area contributed by atoms with Crippen molar-refractivity contribution >= 4 is 5.96 Å². The highest BCUT2D eigenvalue weighted by atomic mass is 19.1. The molecule has 0 fully saturated rings. The number of hydrogen-bond acceptors (Lipinski definition) is 3. The third-order valence-corrected chi connectivity index (χ3v) is 3.50. The van der Waals surface area contributed by atoms with Gasteiger partial charge in [-0.1, -0.05) is 18.2 Å². The molecule has 25 heavy (non-hydrogen) atoms. The van der Waals surface area contributed by atoms with E-state index in [4.69, 9.17) is 9.47 Å². The van der Waals surface area contributed by atoms with Gasteiger partial charge in [0.15, 0.2) is 5.96 Å². The Morgan fingerprint density at radius 2 is 1.88 bits per heavy atom. The second-order valence-corrected chi connectivity index (χ2v) is 5.36. The molecule has 0 aliphatic rings. The van der Waals surface area contributed by atoms with Gasteiger partial charge < -0.3 is 20.1 Å². The van der Waals surface area contributed by atoms with Gasteiger partial charge in [-0.15, -0.1) is 0 Å². The van der Waals surface area contributed by atoms with E-state index in [-0.39, 0.29) is 5.82 Å². The molecular weight excluding hydrogens is 321 g/mol. The van der Waals surface area contributed by atoms with Crippen molar-refractivity contribution in [2.75, 3.05) is 27.3 Å². The van der Waals surface area contributed by atoms with Crippen molar-refractivity contribution in [2.45, 2.75) is 13.0 Å². The van der Waals surface area contributed by atoms with Gasteiger partial charge in [0.25, 0.3) is 0 Å². The summed E-state index contributed by atoms with van der Waals surface area (Å²) in [5.41, 5.74) is 0.865. The van der Waals surface area contributed by atoms with Gasteiger partial charge in [0.1, 0.15) is 17.3 Å². The first-order valence-corrected chi connectivity index (χ1v) is 8.17. The van der Waals surface area contributed by atoms with Crippen LogP contribution in [-0.4, -0.2) is 33.3 Å². The predicted molar refractivity (Wildman–Crippen MR) is 97.7 cm³/mol. The Hall–Kier alpha value is -2.76. The smallest absolute Gasteiger partial charge is 0.191 e. The van der Waals surface area contributed by atoms with Gasteiger partial charge in [0.2, 0.25) is 0 Å². The number of aliphatic imine (C=N–C) groups is 1. The molecule has 0 saturated heterocycles. The number of nitrogens with one attached hydrogen (secondary N) is 2. The fraction of sp³-hybridized carbons (Fsp3) is 0.316. The van der Waals surface area contributed by atoms with Gasteiger partial charge >= 0.3 is 0 Å². The lowest BCUT2D eigenvalue weighted by atomic mass is 10.2. The Kier molecular flexibility index (Phi) is 7.56. The van der Waals surface area contributed by atoms with Gasteiger partial charge in [-0.2, -0.15) is 0 Å². The van der Waals surface area contributed by atoms with E-state index in [2.05, 4.69) is 15.6 Å². The zero-order chi connectivity index (χ0) is 17.9. The summed E-state index contributed by atoms with van der Waals surface area (Å²) in [5.74, 6) is 1.99. The SMILES string of the molecule is CN=C(NCCCOc1cccc(OC)c1)NCc1cccc(F)c1. The van der Waals surface area contributed by atoms with Crippen molar-refractivity contribution in [3.63, 3.8) is 0 Å². The van der Waals surface area contributed by atoms with E-state index in [1.54, 1.807) is 20.2 Å². The second kappa shape index (κ2) is 10.2. The summed E-state index contributed by atoms with van der Waals surface area (Å²) in [7, 11) is 3.33. The topological polar surface area (TPSA) is 54.9 Å². The summed E-state index contributed by atoms with van der Waals surface area (Å²) in [6, 6.07) is 14.0. The molecule has 134 valence electrons. The maximum absolute atomic E-state index is 13.2. The van der Waals surface area contributed by atoms with Crippen LogP contribution in [0.4, 0.5) is 4.39 Å². The van der Waals surface area contributed by atoms with E-state index < -0.39 is 0 Å². The van der Waals surface area contributed by atoms with Crippen molar-refractivity contribution in [1.29, 1.82) is 0 Å². The standard InChI is InChI=1S/C19H24FN3O2/c1-21-19(23-14-15-6-3-7-16(20)12-15)22-10-5-11-25-18-9-4-8-17(13-18)24-2/h3-4,6-9,12-13H,5,10-11,14H2,1-2H3,(H2,21,22,23). The van der Waals surface area contributed by atoms with Crippen molar-refractivity contribution in [3.05, 3.63) is 59.9 Å². The number of nitrogens with zero attached hydrogens (tertiary/aromatic N) is 1. The third kappa shape index (κ3) is 6.71. The van der Waals surface area contributed by atoms with E-state index in [1.807, 2.05) is 30.3 Å². The van der Waals surface area contributed by atoms with Crippen molar-refractivity contribution in [3.8, 4) is 11.5 Å².